The number of aliphatic carboxylic acids is 1. The SMILES string of the molecule is O=C(CN1CCC(CNC(=O)c2ccccc2)CC1)c1ccc(F)cc1.O=C(O)C(F)(F)F. The molecule has 1 aliphatic heterocycles. The number of nitrogens with zero attached hydrogens (tertiary/aromatic N) is 1. The first-order valence-corrected chi connectivity index (χ1v) is 10.2. The fourth-order valence-electron chi connectivity index (χ4n) is 3.21. The largest absolute Gasteiger partial charge is 0.490 e. The Balaban J connectivity index is 0.000000479. The number of benzene rings is 2. The van der Waals surface area contributed by atoms with Crippen molar-refractivity contribution in [1.82, 2.24) is 10.2 Å². The Morgan fingerprint density at radius 2 is 1.48 bits per heavy atom. The monoisotopic (exact) mass is 468 g/mol. The molecule has 0 atom stereocenters. The van der Waals surface area contributed by atoms with E-state index in [9.17, 15) is 27.2 Å². The lowest BCUT2D eigenvalue weighted by Gasteiger charge is -2.31. The van der Waals surface area contributed by atoms with E-state index in [2.05, 4.69) is 10.2 Å². The number of ketones is 1. The van der Waals surface area contributed by atoms with Crippen molar-refractivity contribution in [2.45, 2.75) is 19.0 Å². The van der Waals surface area contributed by atoms with Gasteiger partial charge in [0.05, 0.1) is 6.54 Å². The summed E-state index contributed by atoms with van der Waals surface area (Å²) in [5, 5.41) is 10.1. The molecule has 2 N–H and O–H groups in total. The molecule has 1 fully saturated rings. The van der Waals surface area contributed by atoms with Crippen molar-refractivity contribution in [3.8, 4) is 0 Å². The van der Waals surface area contributed by atoms with Crippen LogP contribution < -0.4 is 5.32 Å². The first-order chi connectivity index (χ1) is 15.6. The second kappa shape index (κ2) is 12.1. The smallest absolute Gasteiger partial charge is 0.475 e. The molecule has 33 heavy (non-hydrogen) atoms. The number of carboxylic acids is 1. The molecule has 1 heterocycles. The quantitative estimate of drug-likeness (QED) is 0.498. The third-order valence-electron chi connectivity index (χ3n) is 5.07. The Kier molecular flexibility index (Phi) is 9.53. The number of rotatable bonds is 6. The van der Waals surface area contributed by atoms with Crippen molar-refractivity contribution in [3.63, 3.8) is 0 Å². The summed E-state index contributed by atoms with van der Waals surface area (Å²) in [5.41, 5.74) is 1.22. The van der Waals surface area contributed by atoms with Crippen LogP contribution in [0.1, 0.15) is 33.6 Å². The number of alkyl halides is 3. The zero-order valence-corrected chi connectivity index (χ0v) is 17.6. The second-order valence-electron chi connectivity index (χ2n) is 7.53. The lowest BCUT2D eigenvalue weighted by molar-refractivity contribution is -0.192. The summed E-state index contributed by atoms with van der Waals surface area (Å²) in [6.45, 7) is 2.68. The van der Waals surface area contributed by atoms with E-state index in [0.717, 1.165) is 25.9 Å². The number of carbonyl (C=O) groups is 3. The summed E-state index contributed by atoms with van der Waals surface area (Å²) >= 11 is 0. The summed E-state index contributed by atoms with van der Waals surface area (Å²) in [5.74, 6) is -2.69. The third-order valence-corrected chi connectivity index (χ3v) is 5.07. The molecule has 0 aromatic heterocycles. The van der Waals surface area contributed by atoms with E-state index in [1.807, 2.05) is 18.2 Å². The average molecular weight is 468 g/mol. The maximum atomic E-state index is 12.9. The molecule has 0 bridgehead atoms. The van der Waals surface area contributed by atoms with Crippen molar-refractivity contribution >= 4 is 17.7 Å². The fraction of sp³-hybridized carbons (Fsp3) is 0.348. The highest BCUT2D eigenvalue weighted by Gasteiger charge is 2.38. The van der Waals surface area contributed by atoms with Crippen LogP contribution in [0, 0.1) is 11.7 Å². The number of likely N-dealkylation sites (tertiary alicyclic amines) is 1. The molecule has 178 valence electrons. The topological polar surface area (TPSA) is 86.7 Å². The first-order valence-electron chi connectivity index (χ1n) is 10.2. The van der Waals surface area contributed by atoms with E-state index in [1.165, 1.54) is 24.3 Å². The third kappa shape index (κ3) is 9.01. The van der Waals surface area contributed by atoms with Crippen LogP contribution in [-0.4, -0.2) is 60.0 Å². The molecule has 1 saturated heterocycles. The van der Waals surface area contributed by atoms with Crippen LogP contribution >= 0.6 is 0 Å². The van der Waals surface area contributed by atoms with Crippen LogP contribution in [0.4, 0.5) is 17.6 Å². The van der Waals surface area contributed by atoms with Gasteiger partial charge in [-0.1, -0.05) is 18.2 Å². The molecule has 1 aliphatic rings. The minimum absolute atomic E-state index is 0.0147. The highest BCUT2D eigenvalue weighted by Crippen LogP contribution is 2.17. The Morgan fingerprint density at radius 1 is 0.939 bits per heavy atom. The van der Waals surface area contributed by atoms with Gasteiger partial charge < -0.3 is 10.4 Å². The highest BCUT2D eigenvalue weighted by atomic mass is 19.4. The van der Waals surface area contributed by atoms with Gasteiger partial charge in [-0.15, -0.1) is 0 Å². The van der Waals surface area contributed by atoms with Gasteiger partial charge in [-0.05, 0) is 68.2 Å². The van der Waals surface area contributed by atoms with E-state index in [-0.39, 0.29) is 17.5 Å². The number of carboxylic acid groups (broad SMARTS) is 1. The first kappa shape index (κ1) is 26.0. The second-order valence-corrected chi connectivity index (χ2v) is 7.53. The highest BCUT2D eigenvalue weighted by molar-refractivity contribution is 5.97. The Bertz CT molecular complexity index is 926. The molecule has 10 heteroatoms. The van der Waals surface area contributed by atoms with Gasteiger partial charge in [0.1, 0.15) is 5.82 Å². The molecular weight excluding hydrogens is 444 g/mol. The van der Waals surface area contributed by atoms with E-state index >= 15 is 0 Å². The van der Waals surface area contributed by atoms with Crippen LogP contribution in [0.2, 0.25) is 0 Å². The molecule has 3 rings (SSSR count). The molecule has 2 aromatic carbocycles. The van der Waals surface area contributed by atoms with Crippen LogP contribution in [-0.2, 0) is 4.79 Å². The maximum absolute atomic E-state index is 12.9. The number of hydrogen-bond acceptors (Lipinski definition) is 4. The summed E-state index contributed by atoms with van der Waals surface area (Å²) in [7, 11) is 0. The van der Waals surface area contributed by atoms with Crippen molar-refractivity contribution in [2.24, 2.45) is 5.92 Å². The molecule has 2 aromatic rings. The maximum Gasteiger partial charge on any atom is 0.490 e. The molecule has 6 nitrogen and oxygen atoms in total. The summed E-state index contributed by atoms with van der Waals surface area (Å²) in [4.78, 5) is 35.4. The van der Waals surface area contributed by atoms with Gasteiger partial charge in [-0.25, -0.2) is 9.18 Å². The zero-order chi connectivity index (χ0) is 24.4. The number of nitrogens with one attached hydrogen (secondary N) is 1. The summed E-state index contributed by atoms with van der Waals surface area (Å²) < 4.78 is 44.7. The van der Waals surface area contributed by atoms with Crippen LogP contribution in [0.25, 0.3) is 0 Å². The predicted octanol–water partition coefficient (Wildman–Crippen LogP) is 3.78. The van der Waals surface area contributed by atoms with Crippen molar-refractivity contribution in [1.29, 1.82) is 0 Å². The number of amides is 1. The van der Waals surface area contributed by atoms with E-state index in [1.54, 1.807) is 12.1 Å². The molecule has 0 radical (unpaired) electrons. The van der Waals surface area contributed by atoms with E-state index in [0.29, 0.717) is 30.1 Å². The normalized spacial score (nSPS) is 14.7. The Hall–Kier alpha value is -3.27. The molecule has 0 spiro atoms. The zero-order valence-electron chi connectivity index (χ0n) is 17.6. The van der Waals surface area contributed by atoms with Gasteiger partial charge in [-0.3, -0.25) is 14.5 Å². The van der Waals surface area contributed by atoms with Gasteiger partial charge in [-0.2, -0.15) is 13.2 Å². The van der Waals surface area contributed by atoms with Gasteiger partial charge in [0.25, 0.3) is 5.91 Å². The minimum Gasteiger partial charge on any atom is -0.475 e. The van der Waals surface area contributed by atoms with Crippen molar-refractivity contribution in [3.05, 3.63) is 71.5 Å². The number of hydrogen-bond donors (Lipinski definition) is 2. The van der Waals surface area contributed by atoms with E-state index in [4.69, 9.17) is 9.90 Å². The molecule has 1 amide bonds. The average Bonchev–Trinajstić information content (AvgIpc) is 2.79. The minimum atomic E-state index is -5.08. The van der Waals surface area contributed by atoms with Crippen LogP contribution in [0.15, 0.2) is 54.6 Å². The number of carbonyl (C=O) groups excluding carboxylic acids is 2. The van der Waals surface area contributed by atoms with Gasteiger partial charge in [0.15, 0.2) is 5.78 Å². The molecule has 0 unspecified atom stereocenters. The Labute approximate surface area is 188 Å². The number of halogens is 4. The van der Waals surface area contributed by atoms with Gasteiger partial charge in [0.2, 0.25) is 0 Å². The van der Waals surface area contributed by atoms with Gasteiger partial charge >= 0.3 is 12.1 Å². The number of Topliss-reactive ketones (excluding diaryl/α,β-unsaturated/α-hetero) is 1. The molecule has 0 saturated carbocycles. The van der Waals surface area contributed by atoms with Crippen LogP contribution in [0.3, 0.4) is 0 Å². The van der Waals surface area contributed by atoms with Crippen LogP contribution in [0.5, 0.6) is 0 Å². The van der Waals surface area contributed by atoms with Crippen molar-refractivity contribution in [2.75, 3.05) is 26.2 Å². The molecule has 0 aliphatic carbocycles. The number of piperidine rings is 1. The predicted molar refractivity (Wildman–Crippen MR) is 112 cm³/mol. The molecular formula is C23H24F4N2O4. The lowest BCUT2D eigenvalue weighted by Crippen LogP contribution is -2.40. The Morgan fingerprint density at radius 3 is 2.00 bits per heavy atom. The summed E-state index contributed by atoms with van der Waals surface area (Å²) in [6, 6.07) is 14.9. The van der Waals surface area contributed by atoms with Gasteiger partial charge in [0, 0.05) is 17.7 Å². The standard InChI is InChI=1S/C21H23FN2O2.C2HF3O2/c22-19-8-6-17(7-9-19)20(25)15-24-12-10-16(11-13-24)14-23-21(26)18-4-2-1-3-5-18;3-2(4,5)1(6)7/h1-9,16H,10-15H2,(H,23,26);(H,6,7). The fourth-order valence-corrected chi connectivity index (χ4v) is 3.21. The lowest BCUT2D eigenvalue weighted by atomic mass is 9.96. The van der Waals surface area contributed by atoms with E-state index < -0.39 is 12.1 Å². The summed E-state index contributed by atoms with van der Waals surface area (Å²) in [6.07, 6.45) is -3.18. The van der Waals surface area contributed by atoms with Crippen molar-refractivity contribution < 1.29 is 37.1 Å².